The SMILES string of the molecule is C=CCn1c(=O)n(CC=C)c(=O)n(CC(=O)NCCCSc2ccccc2)c1=O. The summed E-state index contributed by atoms with van der Waals surface area (Å²) in [5.41, 5.74) is -2.43. The number of carbonyl (C=O) groups excluding carboxylic acids is 1. The van der Waals surface area contributed by atoms with E-state index in [-0.39, 0.29) is 13.1 Å². The summed E-state index contributed by atoms with van der Waals surface area (Å²) in [7, 11) is 0. The Balaban J connectivity index is 2.02. The van der Waals surface area contributed by atoms with E-state index < -0.39 is 29.5 Å². The number of benzene rings is 1. The number of nitrogens with zero attached hydrogens (tertiary/aromatic N) is 3. The van der Waals surface area contributed by atoms with Crippen LogP contribution in [0.3, 0.4) is 0 Å². The van der Waals surface area contributed by atoms with Crippen LogP contribution in [0.2, 0.25) is 0 Å². The largest absolute Gasteiger partial charge is 0.355 e. The van der Waals surface area contributed by atoms with E-state index in [1.807, 2.05) is 30.3 Å². The van der Waals surface area contributed by atoms with Crippen LogP contribution in [-0.2, 0) is 24.4 Å². The lowest BCUT2D eigenvalue weighted by Crippen LogP contribution is -2.55. The van der Waals surface area contributed by atoms with Crippen LogP contribution in [0.25, 0.3) is 0 Å². The molecule has 0 aliphatic carbocycles. The first-order valence-corrected chi connectivity index (χ1v) is 10.1. The molecule has 0 saturated carbocycles. The third-order valence-electron chi connectivity index (χ3n) is 3.97. The number of carbonyl (C=O) groups is 1. The summed E-state index contributed by atoms with van der Waals surface area (Å²) in [5, 5.41) is 2.70. The van der Waals surface area contributed by atoms with Crippen LogP contribution in [0.5, 0.6) is 0 Å². The van der Waals surface area contributed by atoms with Crippen LogP contribution in [0, 0.1) is 0 Å². The summed E-state index contributed by atoms with van der Waals surface area (Å²) < 4.78 is 2.48. The molecule has 2 aromatic rings. The van der Waals surface area contributed by atoms with Gasteiger partial charge in [-0.25, -0.2) is 28.1 Å². The van der Waals surface area contributed by atoms with Crippen LogP contribution >= 0.6 is 11.8 Å². The number of nitrogens with one attached hydrogen (secondary N) is 1. The van der Waals surface area contributed by atoms with Crippen molar-refractivity contribution in [1.82, 2.24) is 19.0 Å². The van der Waals surface area contributed by atoms with E-state index in [0.29, 0.717) is 6.54 Å². The second-order valence-electron chi connectivity index (χ2n) is 6.10. The molecular weight excluding hydrogens is 392 g/mol. The Morgan fingerprint density at radius 2 is 1.48 bits per heavy atom. The summed E-state index contributed by atoms with van der Waals surface area (Å²) >= 11 is 1.68. The zero-order valence-electron chi connectivity index (χ0n) is 16.1. The Morgan fingerprint density at radius 1 is 0.931 bits per heavy atom. The number of hydrogen-bond acceptors (Lipinski definition) is 5. The summed E-state index contributed by atoms with van der Waals surface area (Å²) in [6.45, 7) is 6.85. The second kappa shape index (κ2) is 11.1. The Bertz CT molecular complexity index is 989. The van der Waals surface area contributed by atoms with Gasteiger partial charge in [-0.15, -0.1) is 24.9 Å². The molecule has 1 heterocycles. The molecule has 0 radical (unpaired) electrons. The Kier molecular flexibility index (Phi) is 8.47. The molecule has 0 bridgehead atoms. The Labute approximate surface area is 172 Å². The fraction of sp³-hybridized carbons (Fsp3) is 0.300. The molecule has 8 nitrogen and oxygen atoms in total. The van der Waals surface area contributed by atoms with Gasteiger partial charge in [0.1, 0.15) is 6.54 Å². The van der Waals surface area contributed by atoms with Crippen molar-refractivity contribution in [2.24, 2.45) is 0 Å². The molecule has 0 fully saturated rings. The first kappa shape index (κ1) is 22.2. The van der Waals surface area contributed by atoms with Gasteiger partial charge in [0.2, 0.25) is 5.91 Å². The van der Waals surface area contributed by atoms with E-state index in [4.69, 9.17) is 0 Å². The summed E-state index contributed by atoms with van der Waals surface area (Å²) in [5.74, 6) is 0.350. The number of thioether (sulfide) groups is 1. The highest BCUT2D eigenvalue weighted by Crippen LogP contribution is 2.17. The zero-order chi connectivity index (χ0) is 21.2. The van der Waals surface area contributed by atoms with Crippen LogP contribution in [0.4, 0.5) is 0 Å². The van der Waals surface area contributed by atoms with Gasteiger partial charge in [0, 0.05) is 11.4 Å². The van der Waals surface area contributed by atoms with Gasteiger partial charge in [-0.1, -0.05) is 30.4 Å². The lowest BCUT2D eigenvalue weighted by Gasteiger charge is -2.12. The van der Waals surface area contributed by atoms with E-state index in [2.05, 4.69) is 18.5 Å². The molecule has 0 unspecified atom stereocenters. The molecule has 9 heteroatoms. The van der Waals surface area contributed by atoms with Gasteiger partial charge in [-0.05, 0) is 24.3 Å². The van der Waals surface area contributed by atoms with Crippen molar-refractivity contribution in [3.63, 3.8) is 0 Å². The third-order valence-corrected chi connectivity index (χ3v) is 5.06. The first-order chi connectivity index (χ1) is 14.0. The topological polar surface area (TPSA) is 95.1 Å². The predicted octanol–water partition coefficient (Wildman–Crippen LogP) is 0.842. The standard InChI is InChI=1S/C20H24N4O4S/c1-3-12-22-18(26)23(13-4-2)20(28)24(19(22)27)15-17(25)21-11-8-14-29-16-9-6-5-7-10-16/h3-7,9-10H,1-2,8,11-15H2,(H,21,25). The van der Waals surface area contributed by atoms with E-state index in [0.717, 1.165) is 30.8 Å². The maximum Gasteiger partial charge on any atom is 0.337 e. The molecule has 2 rings (SSSR count). The molecule has 0 aliphatic heterocycles. The number of hydrogen-bond donors (Lipinski definition) is 1. The van der Waals surface area contributed by atoms with Crippen molar-refractivity contribution >= 4 is 17.7 Å². The van der Waals surface area contributed by atoms with E-state index in [1.54, 1.807) is 11.8 Å². The maximum absolute atomic E-state index is 12.5. The highest BCUT2D eigenvalue weighted by Gasteiger charge is 2.16. The molecule has 1 amide bonds. The third kappa shape index (κ3) is 5.95. The normalized spacial score (nSPS) is 10.5. The molecule has 29 heavy (non-hydrogen) atoms. The minimum atomic E-state index is -0.838. The number of aromatic nitrogens is 3. The molecule has 154 valence electrons. The summed E-state index contributed by atoms with van der Waals surface area (Å²) in [6.07, 6.45) is 3.48. The average molecular weight is 417 g/mol. The molecule has 0 atom stereocenters. The van der Waals surface area contributed by atoms with Crippen LogP contribution < -0.4 is 22.4 Å². The van der Waals surface area contributed by atoms with E-state index in [1.165, 1.54) is 12.2 Å². The lowest BCUT2D eigenvalue weighted by molar-refractivity contribution is -0.121. The Morgan fingerprint density at radius 3 is 2.03 bits per heavy atom. The molecule has 0 aliphatic rings. The summed E-state index contributed by atoms with van der Waals surface area (Å²) in [6, 6.07) is 9.91. The van der Waals surface area contributed by atoms with Crippen molar-refractivity contribution in [3.05, 3.63) is 87.1 Å². The fourth-order valence-electron chi connectivity index (χ4n) is 2.59. The zero-order valence-corrected chi connectivity index (χ0v) is 16.9. The maximum atomic E-state index is 12.5. The predicted molar refractivity (Wildman–Crippen MR) is 114 cm³/mol. The van der Waals surface area contributed by atoms with Gasteiger partial charge < -0.3 is 5.32 Å². The van der Waals surface area contributed by atoms with Crippen molar-refractivity contribution in [3.8, 4) is 0 Å². The van der Waals surface area contributed by atoms with Gasteiger partial charge >= 0.3 is 17.1 Å². The number of amides is 1. The van der Waals surface area contributed by atoms with E-state index >= 15 is 0 Å². The van der Waals surface area contributed by atoms with Crippen molar-refractivity contribution in [2.75, 3.05) is 12.3 Å². The molecular formula is C20H24N4O4S. The molecule has 1 aromatic carbocycles. The highest BCUT2D eigenvalue weighted by atomic mass is 32.2. The minimum absolute atomic E-state index is 0.0621. The van der Waals surface area contributed by atoms with Crippen molar-refractivity contribution in [2.45, 2.75) is 31.0 Å². The molecule has 0 spiro atoms. The van der Waals surface area contributed by atoms with Gasteiger partial charge in [0.05, 0.1) is 13.1 Å². The molecule has 0 saturated heterocycles. The van der Waals surface area contributed by atoms with E-state index in [9.17, 15) is 19.2 Å². The van der Waals surface area contributed by atoms with Crippen LogP contribution in [0.1, 0.15) is 6.42 Å². The fourth-order valence-corrected chi connectivity index (χ4v) is 3.47. The summed E-state index contributed by atoms with van der Waals surface area (Å²) in [4.78, 5) is 50.6. The van der Waals surface area contributed by atoms with Crippen molar-refractivity contribution in [1.29, 1.82) is 0 Å². The number of allylic oxidation sites excluding steroid dienone is 2. The van der Waals surface area contributed by atoms with Gasteiger partial charge in [0.15, 0.2) is 0 Å². The van der Waals surface area contributed by atoms with Crippen LogP contribution in [-0.4, -0.2) is 31.9 Å². The second-order valence-corrected chi connectivity index (χ2v) is 7.27. The van der Waals surface area contributed by atoms with Gasteiger partial charge in [0.25, 0.3) is 0 Å². The van der Waals surface area contributed by atoms with Gasteiger partial charge in [-0.2, -0.15) is 0 Å². The Hall–Kier alpha value is -3.07. The molecule has 1 N–H and O–H groups in total. The highest BCUT2D eigenvalue weighted by molar-refractivity contribution is 7.99. The quantitative estimate of drug-likeness (QED) is 0.333. The van der Waals surface area contributed by atoms with Gasteiger partial charge in [-0.3, -0.25) is 4.79 Å². The smallest absolute Gasteiger partial charge is 0.337 e. The van der Waals surface area contributed by atoms with Crippen molar-refractivity contribution < 1.29 is 4.79 Å². The molecule has 1 aromatic heterocycles. The monoisotopic (exact) mass is 416 g/mol. The minimum Gasteiger partial charge on any atom is -0.355 e. The van der Waals surface area contributed by atoms with Crippen LogP contribution in [0.15, 0.2) is 74.9 Å². The number of rotatable bonds is 11. The lowest BCUT2D eigenvalue weighted by atomic mass is 10.4. The average Bonchev–Trinajstić information content (AvgIpc) is 2.72. The first-order valence-electron chi connectivity index (χ1n) is 9.10.